The number of benzene rings is 2. The molecular formula is C20H18FN3O3. The Morgan fingerprint density at radius 2 is 1.96 bits per heavy atom. The van der Waals surface area contributed by atoms with E-state index < -0.39 is 17.9 Å². The highest BCUT2D eigenvalue weighted by Gasteiger charge is 2.38. The number of fused-ring (bicyclic) bond motifs is 1. The molecule has 3 amide bonds. The summed E-state index contributed by atoms with van der Waals surface area (Å²) in [6.45, 7) is -0.0457. The third-order valence-corrected chi connectivity index (χ3v) is 4.78. The van der Waals surface area contributed by atoms with Crippen molar-refractivity contribution in [2.75, 3.05) is 7.11 Å². The summed E-state index contributed by atoms with van der Waals surface area (Å²) >= 11 is 0. The average molecular weight is 367 g/mol. The second-order valence-electron chi connectivity index (χ2n) is 6.45. The molecule has 2 N–H and O–H groups in total. The van der Waals surface area contributed by atoms with Crippen molar-refractivity contribution in [1.29, 1.82) is 0 Å². The summed E-state index contributed by atoms with van der Waals surface area (Å²) < 4.78 is 18.8. The standard InChI is InChI=1S/C20H18FN3O3/c1-27-18-7-6-14(21)8-13(18)11-24-19(25)17(23-20(24)26)9-12-10-22-16-5-3-2-4-15(12)16/h2-8,10,17,22H,9,11H2,1H3,(H,23,26). The van der Waals surface area contributed by atoms with Gasteiger partial charge in [0.05, 0.1) is 13.7 Å². The minimum Gasteiger partial charge on any atom is -0.496 e. The lowest BCUT2D eigenvalue weighted by Crippen LogP contribution is -2.32. The Balaban J connectivity index is 1.55. The highest BCUT2D eigenvalue weighted by Crippen LogP contribution is 2.25. The summed E-state index contributed by atoms with van der Waals surface area (Å²) in [5.41, 5.74) is 2.37. The summed E-state index contributed by atoms with van der Waals surface area (Å²) in [6.07, 6.45) is 2.23. The number of para-hydroxylation sites is 1. The van der Waals surface area contributed by atoms with Crippen molar-refractivity contribution in [3.05, 3.63) is 65.6 Å². The van der Waals surface area contributed by atoms with E-state index in [1.54, 1.807) is 0 Å². The first-order valence-corrected chi connectivity index (χ1v) is 8.56. The molecule has 7 heteroatoms. The van der Waals surface area contributed by atoms with Crippen molar-refractivity contribution in [3.8, 4) is 5.75 Å². The van der Waals surface area contributed by atoms with Gasteiger partial charge in [-0.15, -0.1) is 0 Å². The molecule has 2 aromatic carbocycles. The predicted molar refractivity (Wildman–Crippen MR) is 97.8 cm³/mol. The molecular weight excluding hydrogens is 349 g/mol. The maximum Gasteiger partial charge on any atom is 0.325 e. The fourth-order valence-electron chi connectivity index (χ4n) is 3.43. The first kappa shape index (κ1) is 17.1. The van der Waals surface area contributed by atoms with Crippen molar-refractivity contribution in [2.45, 2.75) is 19.0 Å². The largest absolute Gasteiger partial charge is 0.496 e. The average Bonchev–Trinajstić information content (AvgIpc) is 3.19. The molecule has 1 saturated heterocycles. The number of nitrogens with one attached hydrogen (secondary N) is 2. The van der Waals surface area contributed by atoms with Crippen LogP contribution in [0.5, 0.6) is 5.75 Å². The van der Waals surface area contributed by atoms with Crippen LogP contribution in [0.1, 0.15) is 11.1 Å². The minimum atomic E-state index is -0.656. The summed E-state index contributed by atoms with van der Waals surface area (Å²) in [5, 5.41) is 3.74. The van der Waals surface area contributed by atoms with Gasteiger partial charge >= 0.3 is 6.03 Å². The van der Waals surface area contributed by atoms with Gasteiger partial charge in [-0.2, -0.15) is 0 Å². The number of imide groups is 1. The lowest BCUT2D eigenvalue weighted by molar-refractivity contribution is -0.127. The van der Waals surface area contributed by atoms with Crippen LogP contribution in [0.15, 0.2) is 48.7 Å². The van der Waals surface area contributed by atoms with E-state index in [1.165, 1.54) is 25.3 Å². The van der Waals surface area contributed by atoms with Crippen molar-refractivity contribution in [2.24, 2.45) is 0 Å². The number of amides is 3. The third kappa shape index (κ3) is 3.12. The maximum absolute atomic E-state index is 13.6. The molecule has 1 aromatic heterocycles. The quantitative estimate of drug-likeness (QED) is 0.681. The molecule has 0 saturated carbocycles. The van der Waals surface area contributed by atoms with E-state index in [0.717, 1.165) is 21.4 Å². The van der Waals surface area contributed by atoms with Gasteiger partial charge in [0, 0.05) is 29.1 Å². The molecule has 27 heavy (non-hydrogen) atoms. The SMILES string of the molecule is COc1ccc(F)cc1CN1C(=O)NC(Cc2c[nH]c3ccccc23)C1=O. The number of urea groups is 1. The molecule has 6 nitrogen and oxygen atoms in total. The van der Waals surface area contributed by atoms with Crippen molar-refractivity contribution in [1.82, 2.24) is 15.2 Å². The van der Waals surface area contributed by atoms with Crippen LogP contribution in [0.2, 0.25) is 0 Å². The number of ether oxygens (including phenoxy) is 1. The number of methoxy groups -OCH3 is 1. The third-order valence-electron chi connectivity index (χ3n) is 4.78. The van der Waals surface area contributed by atoms with Crippen LogP contribution in [0, 0.1) is 5.82 Å². The van der Waals surface area contributed by atoms with Gasteiger partial charge in [0.2, 0.25) is 0 Å². The van der Waals surface area contributed by atoms with Crippen LogP contribution < -0.4 is 10.1 Å². The van der Waals surface area contributed by atoms with Gasteiger partial charge in [0.25, 0.3) is 5.91 Å². The second-order valence-corrected chi connectivity index (χ2v) is 6.45. The summed E-state index contributed by atoms with van der Waals surface area (Å²) in [6, 6.07) is 10.7. The molecule has 0 aliphatic carbocycles. The number of H-pyrrole nitrogens is 1. The fraction of sp³-hybridized carbons (Fsp3) is 0.200. The number of carbonyl (C=O) groups is 2. The first-order valence-electron chi connectivity index (χ1n) is 8.56. The first-order chi connectivity index (χ1) is 13.1. The number of nitrogens with zero attached hydrogens (tertiary/aromatic N) is 1. The Morgan fingerprint density at radius 1 is 1.15 bits per heavy atom. The topological polar surface area (TPSA) is 74.4 Å². The number of hydrogen-bond acceptors (Lipinski definition) is 3. The normalized spacial score (nSPS) is 16.8. The smallest absolute Gasteiger partial charge is 0.325 e. The number of aromatic nitrogens is 1. The van der Waals surface area contributed by atoms with Gasteiger partial charge < -0.3 is 15.0 Å². The number of rotatable bonds is 5. The molecule has 138 valence electrons. The molecule has 0 spiro atoms. The van der Waals surface area contributed by atoms with Gasteiger partial charge in [-0.05, 0) is 29.8 Å². The van der Waals surface area contributed by atoms with Gasteiger partial charge in [0.1, 0.15) is 17.6 Å². The van der Waals surface area contributed by atoms with Crippen LogP contribution >= 0.6 is 0 Å². The minimum absolute atomic E-state index is 0.0457. The Hall–Kier alpha value is -3.35. The summed E-state index contributed by atoms with van der Waals surface area (Å²) in [7, 11) is 1.46. The van der Waals surface area contributed by atoms with Gasteiger partial charge in [-0.1, -0.05) is 18.2 Å². The molecule has 1 unspecified atom stereocenters. The molecule has 0 radical (unpaired) electrons. The lowest BCUT2D eigenvalue weighted by Gasteiger charge is -2.15. The highest BCUT2D eigenvalue weighted by atomic mass is 19.1. The van der Waals surface area contributed by atoms with E-state index in [9.17, 15) is 14.0 Å². The molecule has 1 atom stereocenters. The second kappa shape index (κ2) is 6.75. The number of hydrogen-bond donors (Lipinski definition) is 2. The molecule has 1 aliphatic rings. The molecule has 1 aliphatic heterocycles. The number of halogens is 1. The lowest BCUT2D eigenvalue weighted by atomic mass is 10.0. The van der Waals surface area contributed by atoms with Gasteiger partial charge in [-0.3, -0.25) is 9.69 Å². The summed E-state index contributed by atoms with van der Waals surface area (Å²) in [4.78, 5) is 29.4. The van der Waals surface area contributed by atoms with Crippen LogP contribution in [-0.2, 0) is 17.8 Å². The molecule has 1 fully saturated rings. The predicted octanol–water partition coefficient (Wildman–Crippen LogP) is 2.98. The van der Waals surface area contributed by atoms with Crippen LogP contribution in [0.25, 0.3) is 10.9 Å². The zero-order valence-electron chi connectivity index (χ0n) is 14.7. The van der Waals surface area contributed by atoms with Crippen LogP contribution in [0.4, 0.5) is 9.18 Å². The number of carbonyl (C=O) groups excluding carboxylic acids is 2. The maximum atomic E-state index is 13.6. The van der Waals surface area contributed by atoms with E-state index in [1.807, 2.05) is 30.5 Å². The van der Waals surface area contributed by atoms with Gasteiger partial charge in [-0.25, -0.2) is 9.18 Å². The highest BCUT2D eigenvalue weighted by molar-refractivity contribution is 6.04. The fourth-order valence-corrected chi connectivity index (χ4v) is 3.43. The molecule has 3 aromatic rings. The Morgan fingerprint density at radius 3 is 2.78 bits per heavy atom. The number of aromatic amines is 1. The zero-order chi connectivity index (χ0) is 19.0. The Kier molecular flexibility index (Phi) is 4.27. The Labute approximate surface area is 154 Å². The summed E-state index contributed by atoms with van der Waals surface area (Å²) in [5.74, 6) is -0.359. The van der Waals surface area contributed by atoms with E-state index >= 15 is 0 Å². The Bertz CT molecular complexity index is 1030. The van der Waals surface area contributed by atoms with E-state index in [2.05, 4.69) is 10.3 Å². The zero-order valence-corrected chi connectivity index (χ0v) is 14.7. The van der Waals surface area contributed by atoms with Crippen molar-refractivity contribution in [3.63, 3.8) is 0 Å². The monoisotopic (exact) mass is 367 g/mol. The molecule has 0 bridgehead atoms. The molecule has 2 heterocycles. The van der Waals surface area contributed by atoms with Gasteiger partial charge in [0.15, 0.2) is 0 Å². The van der Waals surface area contributed by atoms with Crippen molar-refractivity contribution >= 4 is 22.8 Å². The van der Waals surface area contributed by atoms with E-state index in [-0.39, 0.29) is 12.5 Å². The molecule has 4 rings (SSSR count). The van der Waals surface area contributed by atoms with Crippen LogP contribution in [0.3, 0.4) is 0 Å². The van der Waals surface area contributed by atoms with Crippen molar-refractivity contribution < 1.29 is 18.7 Å². The van der Waals surface area contributed by atoms with E-state index in [4.69, 9.17) is 4.74 Å². The van der Waals surface area contributed by atoms with E-state index in [0.29, 0.717) is 17.7 Å². The van der Waals surface area contributed by atoms with Crippen LogP contribution in [-0.4, -0.2) is 35.0 Å².